The van der Waals surface area contributed by atoms with Crippen LogP contribution in [-0.2, 0) is 51.5 Å². The topological polar surface area (TPSA) is 311 Å². The zero-order valence-electron chi connectivity index (χ0n) is 15.7. The second kappa shape index (κ2) is 11.6. The molecule has 0 amide bonds. The van der Waals surface area contributed by atoms with Gasteiger partial charge in [0, 0.05) is 0 Å². The molecule has 2 fully saturated rings. The molecule has 2 rings (SSSR count). The van der Waals surface area contributed by atoms with E-state index in [0.717, 1.165) is 0 Å². The van der Waals surface area contributed by atoms with Crippen molar-refractivity contribution in [1.29, 1.82) is 0 Å². The fourth-order valence-electron chi connectivity index (χ4n) is 1.91. The van der Waals surface area contributed by atoms with Gasteiger partial charge in [-0.1, -0.05) is 0 Å². The molecule has 0 aromatic rings. The first kappa shape index (κ1) is 28.6. The number of aliphatic hydroxyl groups excluding tert-OH is 6. The molecule has 8 N–H and O–H groups in total. The molecule has 2 saturated heterocycles. The molecular weight excluding hydrogens is 502 g/mol. The van der Waals surface area contributed by atoms with Gasteiger partial charge in [0.15, 0.2) is 36.6 Å². The molecule has 0 aromatic carbocycles. The normalized spacial score (nSPS) is 27.3. The smallest absolute Gasteiger partial charge is 0.549 e. The predicted molar refractivity (Wildman–Crippen MR) is 87.7 cm³/mol. The van der Waals surface area contributed by atoms with E-state index >= 15 is 0 Å². The molecule has 2 aliphatic heterocycles. The van der Waals surface area contributed by atoms with Crippen LogP contribution >= 0.6 is 0 Å². The minimum atomic E-state index is -4.10. The van der Waals surface area contributed by atoms with E-state index in [1.165, 1.54) is 0 Å². The van der Waals surface area contributed by atoms with E-state index in [-0.39, 0.29) is 5.48 Å². The van der Waals surface area contributed by atoms with Crippen molar-refractivity contribution in [2.75, 3.05) is 0 Å². The Balaban J connectivity index is 0.00000544. The second-order valence-corrected chi connectivity index (χ2v) is 8.44. The lowest BCUT2D eigenvalue weighted by atomic mass is 10.2. The Kier molecular flexibility index (Phi) is 10.1. The number of hydrogen-bond donors (Lipinski definition) is 6. The number of rotatable bonds is 5. The van der Waals surface area contributed by atoms with Gasteiger partial charge in [0.05, 0.1) is 0 Å². The lowest BCUT2D eigenvalue weighted by Crippen LogP contribution is -2.47. The van der Waals surface area contributed by atoms with Crippen LogP contribution in [0.4, 0.5) is 0 Å². The fourth-order valence-corrected chi connectivity index (χ4v) is 4.17. The molecule has 0 spiro atoms. The first-order valence-electron chi connectivity index (χ1n) is 8.14. The first-order chi connectivity index (χ1) is 14.8. The Hall–Kier alpha value is -2.40. The van der Waals surface area contributed by atoms with Crippen molar-refractivity contribution in [2.45, 2.75) is 36.6 Å². The zero-order valence-corrected chi connectivity index (χ0v) is 18.0. The summed E-state index contributed by atoms with van der Waals surface area (Å²) in [5, 5.41) is 56.5. The maximum absolute atomic E-state index is 11.8. The standard InChI is InChI=1S/3C4H6O6.2Al.H2O/c3*5-1(3(7)8)2(6)4(9)10;;;/h3*1-2,5-6H,(H,7,8)(H,9,10);;;1H2/q;;;2*+3;/p-6. The van der Waals surface area contributed by atoms with Crippen LogP contribution < -0.4 is 0 Å². The highest BCUT2D eigenvalue weighted by molar-refractivity contribution is 6.46. The maximum Gasteiger partial charge on any atom is 1.20 e. The van der Waals surface area contributed by atoms with Crippen molar-refractivity contribution >= 4 is 66.1 Å². The molecule has 33 heavy (non-hydrogen) atoms. The first-order valence-corrected chi connectivity index (χ1v) is 11.0. The largest absolute Gasteiger partial charge is 1.20 e. The molecule has 0 bridgehead atoms. The van der Waals surface area contributed by atoms with Gasteiger partial charge in [0.1, 0.15) is 0 Å². The van der Waals surface area contributed by atoms with Gasteiger partial charge in [0.2, 0.25) is 0 Å². The SMILES string of the molecule is O.O=C1[O][Al]([O]C(=O)C(O)C(O)C(=O)[O][Al]2[O]C(=O)C(O)C(O)C(=O)[O]2)[O]C(=O)C(O)C1O. The van der Waals surface area contributed by atoms with E-state index in [9.17, 15) is 59.4 Å². The van der Waals surface area contributed by atoms with Gasteiger partial charge in [-0.15, -0.1) is 0 Å². The third-order valence-corrected chi connectivity index (χ3v) is 6.17. The molecule has 6 atom stereocenters. The summed E-state index contributed by atoms with van der Waals surface area (Å²) in [6.45, 7) is 0. The van der Waals surface area contributed by atoms with Gasteiger partial charge in [-0.05, 0) is 0 Å². The van der Waals surface area contributed by atoms with Crippen molar-refractivity contribution in [3.8, 4) is 0 Å². The molecule has 0 saturated carbocycles. The van der Waals surface area contributed by atoms with Crippen LogP contribution in [0.2, 0.25) is 0 Å². The summed E-state index contributed by atoms with van der Waals surface area (Å²) in [6.07, 6.45) is -14.9. The average molecular weight is 516 g/mol. The Labute approximate surface area is 190 Å². The molecule has 0 aromatic heterocycles. The second-order valence-electron chi connectivity index (χ2n) is 5.87. The van der Waals surface area contributed by atoms with Crippen LogP contribution in [0.1, 0.15) is 0 Å². The average Bonchev–Trinajstić information content (AvgIpc) is 2.88. The Morgan fingerprint density at radius 1 is 0.636 bits per heavy atom. The van der Waals surface area contributed by atoms with Crippen LogP contribution in [0, 0.1) is 0 Å². The Morgan fingerprint density at radius 3 is 1.06 bits per heavy atom. The van der Waals surface area contributed by atoms with Crippen LogP contribution in [0.15, 0.2) is 0 Å². The molecule has 182 valence electrons. The highest BCUT2D eigenvalue weighted by atomic mass is 27.3. The minimum absolute atomic E-state index is 0. The Bertz CT molecular complexity index is 705. The van der Waals surface area contributed by atoms with Crippen LogP contribution in [0.3, 0.4) is 0 Å². The van der Waals surface area contributed by atoms with Crippen LogP contribution in [-0.4, -0.2) is 139 Å². The summed E-state index contributed by atoms with van der Waals surface area (Å²) in [5.41, 5.74) is 0. The summed E-state index contributed by atoms with van der Waals surface area (Å²) in [5.74, 6) is -10.2. The molecule has 0 radical (unpaired) electrons. The van der Waals surface area contributed by atoms with E-state index in [4.69, 9.17) is 0 Å². The molecule has 19 nitrogen and oxygen atoms in total. The van der Waals surface area contributed by atoms with Crippen molar-refractivity contribution in [3.63, 3.8) is 0 Å². The van der Waals surface area contributed by atoms with Gasteiger partial charge in [-0.3, -0.25) is 28.8 Å². The summed E-state index contributed by atoms with van der Waals surface area (Å²) >= 11 is -8.20. The number of hydrogen-bond acceptors (Lipinski definition) is 18. The highest BCUT2D eigenvalue weighted by Crippen LogP contribution is 2.13. The predicted octanol–water partition coefficient (Wildman–Crippen LogP) is -8.42. The fraction of sp³-hybridized carbons (Fsp3) is 0.500. The maximum atomic E-state index is 11.8. The van der Waals surface area contributed by atoms with Gasteiger partial charge >= 0.3 is 66.1 Å². The highest BCUT2D eigenvalue weighted by Gasteiger charge is 2.58. The van der Waals surface area contributed by atoms with Crippen LogP contribution in [0.5, 0.6) is 0 Å². The zero-order chi connectivity index (χ0) is 24.3. The number of aliphatic hydroxyl groups is 6. The molecule has 0 aliphatic carbocycles. The van der Waals surface area contributed by atoms with Crippen molar-refractivity contribution in [2.24, 2.45) is 0 Å². The molecule has 2 heterocycles. The van der Waals surface area contributed by atoms with Gasteiger partial charge in [-0.25, -0.2) is 0 Å². The van der Waals surface area contributed by atoms with Crippen molar-refractivity contribution in [1.82, 2.24) is 0 Å². The molecule has 6 unspecified atom stereocenters. The van der Waals surface area contributed by atoms with Gasteiger partial charge < -0.3 is 58.8 Å². The van der Waals surface area contributed by atoms with E-state index in [0.29, 0.717) is 0 Å². The third kappa shape index (κ3) is 6.80. The molecule has 21 heteroatoms. The summed E-state index contributed by atoms with van der Waals surface area (Å²) in [6, 6.07) is 0. The number of carbonyl (C=O) groups is 6. The minimum Gasteiger partial charge on any atom is -0.549 e. The monoisotopic (exact) mass is 516 g/mol. The molecule has 2 aliphatic rings. The van der Waals surface area contributed by atoms with E-state index in [2.05, 4.69) is 22.7 Å². The van der Waals surface area contributed by atoms with Crippen molar-refractivity contribution in [3.05, 3.63) is 0 Å². The van der Waals surface area contributed by atoms with Gasteiger partial charge in [0.25, 0.3) is 0 Å². The van der Waals surface area contributed by atoms with Gasteiger partial charge in [-0.2, -0.15) is 0 Å². The van der Waals surface area contributed by atoms with E-state index in [1.807, 2.05) is 0 Å². The van der Waals surface area contributed by atoms with E-state index < -0.39 is 103 Å². The Morgan fingerprint density at radius 2 is 0.848 bits per heavy atom. The van der Waals surface area contributed by atoms with Crippen LogP contribution in [0.25, 0.3) is 0 Å². The van der Waals surface area contributed by atoms with E-state index in [1.54, 1.807) is 0 Å². The number of carbonyl (C=O) groups excluding carboxylic acids is 6. The summed E-state index contributed by atoms with van der Waals surface area (Å²) < 4.78 is 26.1. The third-order valence-electron chi connectivity index (χ3n) is 3.62. The summed E-state index contributed by atoms with van der Waals surface area (Å²) in [7, 11) is 0. The molecular formula is C12H14Al2O19. The lowest BCUT2D eigenvalue weighted by molar-refractivity contribution is -0.168. The summed E-state index contributed by atoms with van der Waals surface area (Å²) in [4.78, 5) is 69.3. The quantitative estimate of drug-likeness (QED) is 0.185. The van der Waals surface area contributed by atoms with Crippen molar-refractivity contribution < 1.29 is 87.6 Å². The lowest BCUT2D eigenvalue weighted by Gasteiger charge is -2.18.